The molecule has 0 fully saturated rings. The number of guanidine groups is 1. The Hall–Kier alpha value is -1.56. The van der Waals surface area contributed by atoms with Crippen LogP contribution in [0.25, 0.3) is 0 Å². The molecule has 0 saturated heterocycles. The Morgan fingerprint density at radius 1 is 1.27 bits per heavy atom. The summed E-state index contributed by atoms with van der Waals surface area (Å²) in [5.41, 5.74) is 0. The van der Waals surface area contributed by atoms with Crippen molar-refractivity contribution in [3.63, 3.8) is 0 Å². The van der Waals surface area contributed by atoms with Gasteiger partial charge in [-0.3, -0.25) is 4.99 Å². The number of aliphatic imine (C=N–C) groups is 1. The molecule has 0 spiro atoms. The molecule has 0 atom stereocenters. The third kappa shape index (κ3) is 8.02. The van der Waals surface area contributed by atoms with Crippen LogP contribution >= 0.6 is 0 Å². The van der Waals surface area contributed by atoms with E-state index in [1.165, 1.54) is 0 Å². The Kier molecular flexibility index (Phi) is 10.1. The largest absolute Gasteiger partial charge is 0.382 e. The van der Waals surface area contributed by atoms with E-state index in [1.807, 2.05) is 26.2 Å². The van der Waals surface area contributed by atoms with Crippen molar-refractivity contribution in [2.45, 2.75) is 46.6 Å². The molecule has 1 rings (SSSR count). The van der Waals surface area contributed by atoms with E-state index in [1.54, 1.807) is 0 Å². The Morgan fingerprint density at radius 3 is 2.82 bits per heavy atom. The molecule has 126 valence electrons. The number of hydrogen-bond acceptors (Lipinski definition) is 3. The molecule has 0 bridgehead atoms. The first-order chi connectivity index (χ1) is 10.8. The van der Waals surface area contributed by atoms with Gasteiger partial charge in [0.2, 0.25) is 0 Å². The number of ether oxygens (including phenoxy) is 1. The second kappa shape index (κ2) is 12.0. The van der Waals surface area contributed by atoms with Crippen molar-refractivity contribution in [2.75, 3.05) is 32.8 Å². The summed E-state index contributed by atoms with van der Waals surface area (Å²) < 4.78 is 7.50. The maximum atomic E-state index is 5.32. The van der Waals surface area contributed by atoms with Gasteiger partial charge in [-0.05, 0) is 40.0 Å². The minimum absolute atomic E-state index is 0.776. The molecular formula is C16H31N5O. The molecule has 0 amide bonds. The average molecular weight is 309 g/mol. The van der Waals surface area contributed by atoms with E-state index in [2.05, 4.69) is 32.1 Å². The van der Waals surface area contributed by atoms with Crippen LogP contribution in [-0.4, -0.2) is 48.4 Å². The predicted molar refractivity (Wildman–Crippen MR) is 91.3 cm³/mol. The summed E-state index contributed by atoms with van der Waals surface area (Å²) in [5.74, 6) is 1.98. The van der Waals surface area contributed by atoms with E-state index in [9.17, 15) is 0 Å². The number of rotatable bonds is 11. The van der Waals surface area contributed by atoms with Crippen LogP contribution in [0.2, 0.25) is 0 Å². The molecule has 0 unspecified atom stereocenters. The minimum Gasteiger partial charge on any atom is -0.382 e. The third-order valence-electron chi connectivity index (χ3n) is 3.31. The van der Waals surface area contributed by atoms with Gasteiger partial charge in [0.15, 0.2) is 5.96 Å². The van der Waals surface area contributed by atoms with Crippen LogP contribution in [0.15, 0.2) is 17.4 Å². The van der Waals surface area contributed by atoms with Crippen LogP contribution in [-0.2, 0) is 11.3 Å². The highest BCUT2D eigenvalue weighted by atomic mass is 16.5. The number of aromatic nitrogens is 2. The summed E-state index contributed by atoms with van der Waals surface area (Å²) in [7, 11) is 0. The number of unbranched alkanes of at least 4 members (excludes halogenated alkanes) is 1. The molecule has 1 heterocycles. The Balaban J connectivity index is 2.14. The van der Waals surface area contributed by atoms with Gasteiger partial charge in [-0.25, -0.2) is 4.98 Å². The Morgan fingerprint density at radius 2 is 2.14 bits per heavy atom. The van der Waals surface area contributed by atoms with E-state index in [4.69, 9.17) is 4.74 Å². The highest BCUT2D eigenvalue weighted by molar-refractivity contribution is 5.79. The van der Waals surface area contributed by atoms with Crippen molar-refractivity contribution in [1.82, 2.24) is 20.2 Å². The van der Waals surface area contributed by atoms with Gasteiger partial charge < -0.3 is 19.9 Å². The zero-order chi connectivity index (χ0) is 16.0. The molecule has 1 aromatic rings. The number of imidazole rings is 1. The lowest BCUT2D eigenvalue weighted by atomic mass is 10.3. The molecule has 0 saturated carbocycles. The number of nitrogens with zero attached hydrogens (tertiary/aromatic N) is 3. The molecule has 0 aliphatic carbocycles. The zero-order valence-corrected chi connectivity index (χ0v) is 14.3. The lowest BCUT2D eigenvalue weighted by molar-refractivity contribution is 0.146. The van der Waals surface area contributed by atoms with Crippen LogP contribution in [0.4, 0.5) is 0 Å². The molecule has 6 heteroatoms. The molecular weight excluding hydrogens is 278 g/mol. The highest BCUT2D eigenvalue weighted by Gasteiger charge is 1.98. The van der Waals surface area contributed by atoms with Crippen molar-refractivity contribution in [1.29, 1.82) is 0 Å². The second-order valence-electron chi connectivity index (χ2n) is 5.11. The van der Waals surface area contributed by atoms with Gasteiger partial charge in [-0.1, -0.05) is 0 Å². The first-order valence-electron chi connectivity index (χ1n) is 8.35. The Labute approximate surface area is 134 Å². The van der Waals surface area contributed by atoms with Crippen LogP contribution in [0.1, 0.15) is 38.9 Å². The van der Waals surface area contributed by atoms with Crippen LogP contribution < -0.4 is 10.6 Å². The summed E-state index contributed by atoms with van der Waals surface area (Å²) in [6.07, 6.45) is 7.09. The van der Waals surface area contributed by atoms with Crippen molar-refractivity contribution in [3.8, 4) is 0 Å². The number of nitrogens with one attached hydrogen (secondary N) is 2. The molecule has 0 aliphatic rings. The first-order valence-corrected chi connectivity index (χ1v) is 8.35. The van der Waals surface area contributed by atoms with Crippen molar-refractivity contribution in [2.24, 2.45) is 4.99 Å². The fourth-order valence-corrected chi connectivity index (χ4v) is 2.10. The maximum absolute atomic E-state index is 5.32. The van der Waals surface area contributed by atoms with Crippen LogP contribution in [0, 0.1) is 6.92 Å². The molecule has 1 aromatic heterocycles. The topological polar surface area (TPSA) is 63.5 Å². The van der Waals surface area contributed by atoms with E-state index >= 15 is 0 Å². The van der Waals surface area contributed by atoms with Crippen LogP contribution in [0.3, 0.4) is 0 Å². The standard InChI is InChI=1S/C16H31N5O/c1-4-17-16(20-10-8-14-22-5-2)19-9-6-7-12-21-13-11-18-15(21)3/h11,13H,4-10,12,14H2,1-3H3,(H2,17,19,20). The van der Waals surface area contributed by atoms with E-state index in [0.29, 0.717) is 0 Å². The van der Waals surface area contributed by atoms with Gasteiger partial charge in [0, 0.05) is 51.8 Å². The lowest BCUT2D eigenvalue weighted by Crippen LogP contribution is -2.38. The summed E-state index contributed by atoms with van der Waals surface area (Å²) in [6, 6.07) is 0. The summed E-state index contributed by atoms with van der Waals surface area (Å²) in [4.78, 5) is 8.78. The normalized spacial score (nSPS) is 11.7. The van der Waals surface area contributed by atoms with Gasteiger partial charge in [0.1, 0.15) is 5.82 Å². The smallest absolute Gasteiger partial charge is 0.191 e. The Bertz CT molecular complexity index is 416. The van der Waals surface area contributed by atoms with Gasteiger partial charge in [0.25, 0.3) is 0 Å². The highest BCUT2D eigenvalue weighted by Crippen LogP contribution is 1.99. The monoisotopic (exact) mass is 309 g/mol. The number of hydrogen-bond donors (Lipinski definition) is 2. The summed E-state index contributed by atoms with van der Waals surface area (Å²) >= 11 is 0. The van der Waals surface area contributed by atoms with E-state index in [-0.39, 0.29) is 0 Å². The molecule has 0 aliphatic heterocycles. The van der Waals surface area contributed by atoms with Gasteiger partial charge >= 0.3 is 0 Å². The quantitative estimate of drug-likeness (QED) is 0.372. The predicted octanol–water partition coefficient (Wildman–Crippen LogP) is 1.95. The third-order valence-corrected chi connectivity index (χ3v) is 3.31. The second-order valence-corrected chi connectivity index (χ2v) is 5.11. The molecule has 0 radical (unpaired) electrons. The van der Waals surface area contributed by atoms with Gasteiger partial charge in [0.05, 0.1) is 0 Å². The average Bonchev–Trinajstić information content (AvgIpc) is 2.92. The van der Waals surface area contributed by atoms with Crippen molar-refractivity contribution >= 4 is 5.96 Å². The fraction of sp³-hybridized carbons (Fsp3) is 0.750. The van der Waals surface area contributed by atoms with Gasteiger partial charge in [-0.15, -0.1) is 0 Å². The molecule has 6 nitrogen and oxygen atoms in total. The zero-order valence-electron chi connectivity index (χ0n) is 14.3. The molecule has 2 N–H and O–H groups in total. The first kappa shape index (κ1) is 18.5. The van der Waals surface area contributed by atoms with Crippen LogP contribution in [0.5, 0.6) is 0 Å². The SMILES string of the molecule is CCNC(=NCCCOCC)NCCCCn1ccnc1C. The number of aryl methyl sites for hydroxylation is 2. The molecule has 22 heavy (non-hydrogen) atoms. The molecule has 0 aromatic carbocycles. The van der Waals surface area contributed by atoms with Gasteiger partial charge in [-0.2, -0.15) is 0 Å². The van der Waals surface area contributed by atoms with Crippen molar-refractivity contribution in [3.05, 3.63) is 18.2 Å². The van der Waals surface area contributed by atoms with E-state index in [0.717, 1.165) is 70.4 Å². The fourth-order valence-electron chi connectivity index (χ4n) is 2.10. The van der Waals surface area contributed by atoms with E-state index < -0.39 is 0 Å². The lowest BCUT2D eigenvalue weighted by Gasteiger charge is -2.11. The summed E-state index contributed by atoms with van der Waals surface area (Å²) in [6.45, 7) is 11.3. The van der Waals surface area contributed by atoms with Crippen molar-refractivity contribution < 1.29 is 4.74 Å². The summed E-state index contributed by atoms with van der Waals surface area (Å²) in [5, 5.41) is 6.65. The minimum atomic E-state index is 0.776. The maximum Gasteiger partial charge on any atom is 0.191 e.